The van der Waals surface area contributed by atoms with Crippen LogP contribution in [-0.2, 0) is 4.79 Å². The van der Waals surface area contributed by atoms with E-state index in [1.165, 1.54) is 24.0 Å². The minimum absolute atomic E-state index is 0.0405. The number of aromatic amines is 1. The van der Waals surface area contributed by atoms with Crippen LogP contribution in [0.2, 0.25) is 0 Å². The lowest BCUT2D eigenvalue weighted by molar-refractivity contribution is -0.117. The van der Waals surface area contributed by atoms with Crippen LogP contribution in [0.5, 0.6) is 0 Å². The fourth-order valence-corrected chi connectivity index (χ4v) is 2.71. The second-order valence-corrected chi connectivity index (χ2v) is 6.26. The molecule has 2 aromatic rings. The summed E-state index contributed by atoms with van der Waals surface area (Å²) in [6.45, 7) is 0. The Labute approximate surface area is 136 Å². The Bertz CT molecular complexity index is 782. The van der Waals surface area contributed by atoms with Gasteiger partial charge in [0.1, 0.15) is 0 Å². The van der Waals surface area contributed by atoms with E-state index in [1.54, 1.807) is 24.3 Å². The minimum Gasteiger partial charge on any atom is -0.326 e. The van der Waals surface area contributed by atoms with E-state index in [0.717, 1.165) is 12.8 Å². The average molecular weight is 329 g/mol. The molecule has 6 nitrogen and oxygen atoms in total. The summed E-state index contributed by atoms with van der Waals surface area (Å²) in [5.41, 5.74) is 1.01. The molecule has 0 aliphatic heterocycles. The van der Waals surface area contributed by atoms with Crippen molar-refractivity contribution in [2.24, 2.45) is 5.92 Å². The van der Waals surface area contributed by atoms with E-state index in [1.807, 2.05) is 0 Å². The standard InChI is InChI=1S/C16H15N3O3S/c20-13(9-23-16-17-8-7-14(21)19-16)10-3-5-12(6-4-10)18-15(22)11-1-2-11/h3-8,11H,1-2,9H2,(H,18,22)(H,17,19,21). The largest absolute Gasteiger partial charge is 0.326 e. The lowest BCUT2D eigenvalue weighted by Crippen LogP contribution is -2.13. The topological polar surface area (TPSA) is 91.9 Å². The molecular formula is C16H15N3O3S. The highest BCUT2D eigenvalue weighted by atomic mass is 32.2. The van der Waals surface area contributed by atoms with Crippen molar-refractivity contribution in [3.8, 4) is 0 Å². The lowest BCUT2D eigenvalue weighted by Gasteiger charge is -2.05. The number of hydrogen-bond donors (Lipinski definition) is 2. The number of H-pyrrole nitrogens is 1. The van der Waals surface area contributed by atoms with Crippen molar-refractivity contribution < 1.29 is 9.59 Å². The number of rotatable bonds is 6. The van der Waals surface area contributed by atoms with Gasteiger partial charge in [-0.25, -0.2) is 4.98 Å². The molecule has 0 bridgehead atoms. The zero-order valence-corrected chi connectivity index (χ0v) is 13.1. The zero-order valence-electron chi connectivity index (χ0n) is 12.2. The number of aromatic nitrogens is 2. The first-order valence-corrected chi connectivity index (χ1v) is 8.22. The molecule has 0 saturated heterocycles. The lowest BCUT2D eigenvalue weighted by atomic mass is 10.1. The number of nitrogens with one attached hydrogen (secondary N) is 2. The van der Waals surface area contributed by atoms with Gasteiger partial charge >= 0.3 is 0 Å². The van der Waals surface area contributed by atoms with E-state index in [0.29, 0.717) is 16.4 Å². The maximum Gasteiger partial charge on any atom is 0.251 e. The number of nitrogens with zero attached hydrogens (tertiary/aromatic N) is 1. The summed E-state index contributed by atoms with van der Waals surface area (Å²) in [6, 6.07) is 8.14. The van der Waals surface area contributed by atoms with Gasteiger partial charge in [0, 0.05) is 29.4 Å². The Kier molecular flexibility index (Phi) is 4.57. The Morgan fingerprint density at radius 2 is 1.96 bits per heavy atom. The van der Waals surface area contributed by atoms with E-state index >= 15 is 0 Å². The van der Waals surface area contributed by atoms with Crippen molar-refractivity contribution in [3.63, 3.8) is 0 Å². The highest BCUT2D eigenvalue weighted by Gasteiger charge is 2.29. The van der Waals surface area contributed by atoms with Crippen molar-refractivity contribution in [1.82, 2.24) is 9.97 Å². The van der Waals surface area contributed by atoms with Crippen LogP contribution in [-0.4, -0.2) is 27.4 Å². The van der Waals surface area contributed by atoms with Crippen LogP contribution in [0.1, 0.15) is 23.2 Å². The maximum absolute atomic E-state index is 12.1. The second kappa shape index (κ2) is 6.78. The van der Waals surface area contributed by atoms with E-state index in [9.17, 15) is 14.4 Å². The number of anilines is 1. The van der Waals surface area contributed by atoms with Gasteiger partial charge in [-0.05, 0) is 37.1 Å². The summed E-state index contributed by atoms with van der Waals surface area (Å²) in [6.07, 6.45) is 3.31. The molecule has 1 amide bonds. The van der Waals surface area contributed by atoms with Gasteiger partial charge in [0.15, 0.2) is 10.9 Å². The quantitative estimate of drug-likeness (QED) is 0.481. The SMILES string of the molecule is O=C(CSc1nccc(=O)[nH]1)c1ccc(NC(=O)C2CC2)cc1. The minimum atomic E-state index is -0.245. The van der Waals surface area contributed by atoms with Gasteiger partial charge in [0.25, 0.3) is 5.56 Å². The van der Waals surface area contributed by atoms with Gasteiger partial charge in [-0.3, -0.25) is 14.4 Å². The number of amides is 1. The van der Waals surface area contributed by atoms with E-state index in [2.05, 4.69) is 15.3 Å². The molecule has 23 heavy (non-hydrogen) atoms. The molecular weight excluding hydrogens is 314 g/mol. The molecule has 1 saturated carbocycles. The van der Waals surface area contributed by atoms with Crippen molar-refractivity contribution in [2.75, 3.05) is 11.1 Å². The van der Waals surface area contributed by atoms with Crippen molar-refractivity contribution in [3.05, 3.63) is 52.4 Å². The number of ketones is 1. The van der Waals surface area contributed by atoms with Crippen LogP contribution in [0.3, 0.4) is 0 Å². The van der Waals surface area contributed by atoms with Crippen LogP contribution < -0.4 is 10.9 Å². The number of thioether (sulfide) groups is 1. The zero-order chi connectivity index (χ0) is 16.2. The van der Waals surface area contributed by atoms with Crippen molar-refractivity contribution in [2.45, 2.75) is 18.0 Å². The molecule has 0 radical (unpaired) electrons. The normalized spacial score (nSPS) is 13.6. The summed E-state index contributed by atoms with van der Waals surface area (Å²) in [7, 11) is 0. The van der Waals surface area contributed by atoms with Crippen LogP contribution >= 0.6 is 11.8 Å². The fraction of sp³-hybridized carbons (Fsp3) is 0.250. The average Bonchev–Trinajstić information content (AvgIpc) is 3.38. The molecule has 0 spiro atoms. The van der Waals surface area contributed by atoms with Crippen molar-refractivity contribution in [1.29, 1.82) is 0 Å². The number of benzene rings is 1. The van der Waals surface area contributed by atoms with Crippen LogP contribution in [0.15, 0.2) is 46.5 Å². The Hall–Kier alpha value is -2.41. The molecule has 1 aliphatic carbocycles. The van der Waals surface area contributed by atoms with Gasteiger partial charge in [-0.2, -0.15) is 0 Å². The molecule has 0 atom stereocenters. The van der Waals surface area contributed by atoms with Crippen LogP contribution in [0, 0.1) is 5.92 Å². The number of carbonyl (C=O) groups is 2. The molecule has 1 fully saturated rings. The molecule has 1 aliphatic rings. The highest BCUT2D eigenvalue weighted by molar-refractivity contribution is 7.99. The Balaban J connectivity index is 1.56. The Morgan fingerprint density at radius 3 is 2.61 bits per heavy atom. The number of Topliss-reactive ketones (excluding diaryl/α,β-unsaturated/α-hetero) is 1. The van der Waals surface area contributed by atoms with Gasteiger partial charge < -0.3 is 10.3 Å². The highest BCUT2D eigenvalue weighted by Crippen LogP contribution is 2.30. The van der Waals surface area contributed by atoms with Crippen LogP contribution in [0.4, 0.5) is 5.69 Å². The summed E-state index contributed by atoms with van der Waals surface area (Å²) < 4.78 is 0. The summed E-state index contributed by atoms with van der Waals surface area (Å²) in [5, 5.41) is 3.24. The number of carbonyl (C=O) groups excluding carboxylic acids is 2. The summed E-state index contributed by atoms with van der Waals surface area (Å²) >= 11 is 1.18. The number of hydrogen-bond acceptors (Lipinski definition) is 5. The maximum atomic E-state index is 12.1. The predicted molar refractivity (Wildman–Crippen MR) is 87.7 cm³/mol. The third-order valence-electron chi connectivity index (χ3n) is 3.41. The van der Waals surface area contributed by atoms with Crippen LogP contribution in [0.25, 0.3) is 0 Å². The smallest absolute Gasteiger partial charge is 0.251 e. The molecule has 1 heterocycles. The first-order valence-electron chi connectivity index (χ1n) is 7.24. The summed E-state index contributed by atoms with van der Waals surface area (Å²) in [5.74, 6) is 0.300. The molecule has 118 valence electrons. The van der Waals surface area contributed by atoms with Gasteiger partial charge in [0.05, 0.1) is 5.75 Å². The van der Waals surface area contributed by atoms with E-state index in [-0.39, 0.29) is 28.9 Å². The monoisotopic (exact) mass is 329 g/mol. The van der Waals surface area contributed by atoms with Gasteiger partial charge in [-0.1, -0.05) is 11.8 Å². The molecule has 7 heteroatoms. The first kappa shape index (κ1) is 15.5. The fourth-order valence-electron chi connectivity index (χ4n) is 1.97. The predicted octanol–water partition coefficient (Wildman–Crippen LogP) is 2.09. The molecule has 3 rings (SSSR count). The molecule has 1 aromatic carbocycles. The van der Waals surface area contributed by atoms with Gasteiger partial charge in [0.2, 0.25) is 5.91 Å². The molecule has 0 unspecified atom stereocenters. The third kappa shape index (κ3) is 4.29. The molecule has 1 aromatic heterocycles. The molecule has 2 N–H and O–H groups in total. The van der Waals surface area contributed by atoms with Crippen molar-refractivity contribution >= 4 is 29.1 Å². The third-order valence-corrected chi connectivity index (χ3v) is 4.30. The van der Waals surface area contributed by atoms with Gasteiger partial charge in [-0.15, -0.1) is 0 Å². The second-order valence-electron chi connectivity index (χ2n) is 5.29. The van der Waals surface area contributed by atoms with E-state index < -0.39 is 0 Å². The Morgan fingerprint density at radius 1 is 1.22 bits per heavy atom. The summed E-state index contributed by atoms with van der Waals surface area (Å²) in [4.78, 5) is 41.5. The van der Waals surface area contributed by atoms with E-state index in [4.69, 9.17) is 0 Å². The first-order chi connectivity index (χ1) is 11.1.